The minimum absolute atomic E-state index is 0.308. The summed E-state index contributed by atoms with van der Waals surface area (Å²) in [5, 5.41) is 0.643. The summed E-state index contributed by atoms with van der Waals surface area (Å²) in [6, 6.07) is 7.08. The fraction of sp³-hybridized carbons (Fsp3) is 0.300. The van der Waals surface area contributed by atoms with Gasteiger partial charge >= 0.3 is 0 Å². The molecule has 76 valence electrons. The topological polar surface area (TPSA) is 69.1 Å². The van der Waals surface area contributed by atoms with Crippen LogP contribution >= 0.6 is 11.6 Å². The highest BCUT2D eigenvalue weighted by Crippen LogP contribution is 2.20. The molecule has 4 N–H and O–H groups in total. The molecule has 3 nitrogen and oxygen atoms in total. The second-order valence-electron chi connectivity index (χ2n) is 3.08. The van der Waals surface area contributed by atoms with Crippen molar-refractivity contribution in [2.24, 2.45) is 11.5 Å². The molecule has 1 amide bonds. The van der Waals surface area contributed by atoms with Gasteiger partial charge in [-0.25, -0.2) is 0 Å². The second kappa shape index (κ2) is 4.98. The third kappa shape index (κ3) is 2.72. The molecular formula is C10H13ClN2O. The molecule has 0 aromatic heterocycles. The average molecular weight is 213 g/mol. The van der Waals surface area contributed by atoms with E-state index in [0.717, 1.165) is 5.56 Å². The monoisotopic (exact) mass is 212 g/mol. The highest BCUT2D eigenvalue weighted by atomic mass is 35.5. The minimum Gasteiger partial charge on any atom is -0.369 e. The minimum atomic E-state index is -0.349. The number of rotatable bonds is 4. The van der Waals surface area contributed by atoms with Crippen molar-refractivity contribution in [2.75, 3.05) is 6.54 Å². The van der Waals surface area contributed by atoms with Gasteiger partial charge in [0.1, 0.15) is 0 Å². The Balaban J connectivity index is 2.87. The number of carbonyl (C=O) groups excluding carboxylic acids is 1. The second-order valence-corrected chi connectivity index (χ2v) is 3.52. The summed E-state index contributed by atoms with van der Waals surface area (Å²) in [6.07, 6.45) is 0.566. The van der Waals surface area contributed by atoms with Crippen molar-refractivity contribution in [1.29, 1.82) is 0 Å². The molecule has 1 aromatic carbocycles. The maximum Gasteiger partial charge on any atom is 0.225 e. The molecule has 0 aliphatic rings. The number of hydrogen-bond donors (Lipinski definition) is 2. The predicted octanol–water partition coefficient (Wildman–Crippen LogP) is 1.26. The van der Waals surface area contributed by atoms with Crippen molar-refractivity contribution in [2.45, 2.75) is 12.3 Å². The molecular weight excluding hydrogens is 200 g/mol. The van der Waals surface area contributed by atoms with Crippen molar-refractivity contribution in [3.05, 3.63) is 34.9 Å². The van der Waals surface area contributed by atoms with Gasteiger partial charge in [0.15, 0.2) is 0 Å². The van der Waals surface area contributed by atoms with Crippen molar-refractivity contribution < 1.29 is 4.79 Å². The Bertz CT molecular complexity index is 310. The van der Waals surface area contributed by atoms with E-state index in [9.17, 15) is 4.79 Å². The largest absolute Gasteiger partial charge is 0.369 e. The van der Waals surface area contributed by atoms with E-state index in [1.165, 1.54) is 0 Å². The van der Waals surface area contributed by atoms with Crippen LogP contribution in [0.3, 0.4) is 0 Å². The highest BCUT2D eigenvalue weighted by molar-refractivity contribution is 6.30. The van der Waals surface area contributed by atoms with E-state index < -0.39 is 0 Å². The molecule has 0 fully saturated rings. The highest BCUT2D eigenvalue weighted by Gasteiger charge is 2.16. The summed E-state index contributed by atoms with van der Waals surface area (Å²) >= 11 is 5.73. The van der Waals surface area contributed by atoms with Gasteiger partial charge in [0, 0.05) is 5.02 Å². The van der Waals surface area contributed by atoms with Crippen LogP contribution in [-0.4, -0.2) is 12.5 Å². The molecule has 0 radical (unpaired) electrons. The van der Waals surface area contributed by atoms with Crippen LogP contribution in [0.4, 0.5) is 0 Å². The fourth-order valence-electron chi connectivity index (χ4n) is 1.33. The van der Waals surface area contributed by atoms with Crippen molar-refractivity contribution in [3.8, 4) is 0 Å². The molecule has 1 rings (SSSR count). The lowest BCUT2D eigenvalue weighted by Gasteiger charge is -2.12. The number of hydrogen-bond acceptors (Lipinski definition) is 2. The first kappa shape index (κ1) is 11.0. The van der Waals surface area contributed by atoms with Gasteiger partial charge < -0.3 is 11.5 Å². The zero-order valence-electron chi connectivity index (χ0n) is 7.74. The van der Waals surface area contributed by atoms with Gasteiger partial charge in [-0.1, -0.05) is 23.7 Å². The van der Waals surface area contributed by atoms with Gasteiger partial charge in [0.25, 0.3) is 0 Å². The molecule has 1 aromatic rings. The zero-order valence-corrected chi connectivity index (χ0v) is 8.50. The summed E-state index contributed by atoms with van der Waals surface area (Å²) < 4.78 is 0. The lowest BCUT2D eigenvalue weighted by molar-refractivity contribution is -0.119. The summed E-state index contributed by atoms with van der Waals surface area (Å²) in [4.78, 5) is 11.1. The van der Waals surface area contributed by atoms with Crippen LogP contribution in [0, 0.1) is 0 Å². The first-order valence-electron chi connectivity index (χ1n) is 4.40. The molecule has 0 aliphatic heterocycles. The lowest BCUT2D eigenvalue weighted by atomic mass is 9.95. The van der Waals surface area contributed by atoms with E-state index in [0.29, 0.717) is 18.0 Å². The summed E-state index contributed by atoms with van der Waals surface area (Å²) in [6.45, 7) is 0.441. The number of primary amides is 1. The summed E-state index contributed by atoms with van der Waals surface area (Å²) in [5.74, 6) is -0.657. The lowest BCUT2D eigenvalue weighted by Crippen LogP contribution is -2.23. The smallest absolute Gasteiger partial charge is 0.225 e. The quantitative estimate of drug-likeness (QED) is 0.789. The Labute approximate surface area is 88.0 Å². The molecule has 14 heavy (non-hydrogen) atoms. The van der Waals surface area contributed by atoms with Gasteiger partial charge in [-0.05, 0) is 30.7 Å². The standard InChI is InChI=1S/C10H13ClN2O/c11-8-3-1-7(2-4-8)9(5-6-12)10(13)14/h1-4,9H,5-6,12H2,(H2,13,14). The van der Waals surface area contributed by atoms with Crippen LogP contribution in [0.1, 0.15) is 17.9 Å². The summed E-state index contributed by atoms with van der Waals surface area (Å²) in [5.41, 5.74) is 11.5. The maximum atomic E-state index is 11.1. The third-order valence-electron chi connectivity index (χ3n) is 2.07. The Morgan fingerprint density at radius 1 is 1.36 bits per heavy atom. The van der Waals surface area contributed by atoms with Crippen LogP contribution < -0.4 is 11.5 Å². The fourth-order valence-corrected chi connectivity index (χ4v) is 1.46. The van der Waals surface area contributed by atoms with Gasteiger partial charge in [-0.15, -0.1) is 0 Å². The molecule has 0 saturated carbocycles. The first-order chi connectivity index (χ1) is 6.65. The van der Waals surface area contributed by atoms with Gasteiger partial charge in [-0.3, -0.25) is 4.79 Å². The van der Waals surface area contributed by atoms with Crippen LogP contribution in [0.25, 0.3) is 0 Å². The van der Waals surface area contributed by atoms with E-state index in [2.05, 4.69) is 0 Å². The Hall–Kier alpha value is -1.06. The van der Waals surface area contributed by atoms with Crippen molar-refractivity contribution in [1.82, 2.24) is 0 Å². The van der Waals surface area contributed by atoms with Crippen molar-refractivity contribution >= 4 is 17.5 Å². The maximum absolute atomic E-state index is 11.1. The zero-order chi connectivity index (χ0) is 10.6. The van der Waals surface area contributed by atoms with E-state index >= 15 is 0 Å². The van der Waals surface area contributed by atoms with E-state index in [1.807, 2.05) is 0 Å². The number of amides is 1. The molecule has 0 heterocycles. The Morgan fingerprint density at radius 3 is 2.36 bits per heavy atom. The van der Waals surface area contributed by atoms with Gasteiger partial charge in [0.05, 0.1) is 5.92 Å². The number of carbonyl (C=O) groups is 1. The molecule has 4 heteroatoms. The number of benzene rings is 1. The Kier molecular flexibility index (Phi) is 3.92. The van der Waals surface area contributed by atoms with Gasteiger partial charge in [0.2, 0.25) is 5.91 Å². The first-order valence-corrected chi connectivity index (χ1v) is 4.77. The van der Waals surface area contributed by atoms with Gasteiger partial charge in [-0.2, -0.15) is 0 Å². The molecule has 1 atom stereocenters. The molecule has 0 saturated heterocycles. The van der Waals surface area contributed by atoms with Crippen LogP contribution in [-0.2, 0) is 4.79 Å². The number of nitrogens with two attached hydrogens (primary N) is 2. The molecule has 0 bridgehead atoms. The van der Waals surface area contributed by atoms with Crippen LogP contribution in [0.5, 0.6) is 0 Å². The molecule has 1 unspecified atom stereocenters. The molecule has 0 aliphatic carbocycles. The van der Waals surface area contributed by atoms with E-state index in [1.54, 1.807) is 24.3 Å². The van der Waals surface area contributed by atoms with Crippen molar-refractivity contribution in [3.63, 3.8) is 0 Å². The van der Waals surface area contributed by atoms with E-state index in [4.69, 9.17) is 23.1 Å². The SMILES string of the molecule is NCCC(C(N)=O)c1ccc(Cl)cc1. The molecule has 0 spiro atoms. The third-order valence-corrected chi connectivity index (χ3v) is 2.32. The Morgan fingerprint density at radius 2 is 1.93 bits per heavy atom. The van der Waals surface area contributed by atoms with Crippen LogP contribution in [0.2, 0.25) is 5.02 Å². The number of halogens is 1. The van der Waals surface area contributed by atoms with E-state index in [-0.39, 0.29) is 11.8 Å². The normalized spacial score (nSPS) is 12.4. The average Bonchev–Trinajstić information content (AvgIpc) is 2.15. The predicted molar refractivity (Wildman–Crippen MR) is 57.1 cm³/mol. The van der Waals surface area contributed by atoms with Crippen LogP contribution in [0.15, 0.2) is 24.3 Å². The summed E-state index contributed by atoms with van der Waals surface area (Å²) in [7, 11) is 0.